The third-order valence-corrected chi connectivity index (χ3v) is 6.89. The van der Waals surface area contributed by atoms with E-state index >= 15 is 0 Å². The molecule has 6 heteroatoms. The lowest BCUT2D eigenvalue weighted by Crippen LogP contribution is -2.50. The molecular formula is C23H32FN3O2. The zero-order valence-corrected chi connectivity index (χ0v) is 17.2. The van der Waals surface area contributed by atoms with Gasteiger partial charge in [-0.2, -0.15) is 0 Å². The molecule has 1 aromatic rings. The van der Waals surface area contributed by atoms with Crippen LogP contribution in [0.25, 0.3) is 0 Å². The molecule has 0 aliphatic carbocycles. The molecule has 1 aromatic carbocycles. The second-order valence-corrected chi connectivity index (χ2v) is 8.73. The Morgan fingerprint density at radius 2 is 1.52 bits per heavy atom. The average molecular weight is 402 g/mol. The molecule has 3 fully saturated rings. The third kappa shape index (κ3) is 4.80. The third-order valence-electron chi connectivity index (χ3n) is 6.89. The highest BCUT2D eigenvalue weighted by molar-refractivity contribution is 5.94. The quantitative estimate of drug-likeness (QED) is 0.782. The fraction of sp³-hybridized carbons (Fsp3) is 0.652. The van der Waals surface area contributed by atoms with E-state index in [2.05, 4.69) is 9.80 Å². The molecule has 3 heterocycles. The van der Waals surface area contributed by atoms with Gasteiger partial charge in [0.25, 0.3) is 5.91 Å². The average Bonchev–Trinajstić information content (AvgIpc) is 2.79. The van der Waals surface area contributed by atoms with Gasteiger partial charge in [-0.05, 0) is 76.2 Å². The zero-order valence-electron chi connectivity index (χ0n) is 17.2. The fourth-order valence-corrected chi connectivity index (χ4v) is 5.12. The molecule has 3 saturated heterocycles. The number of benzene rings is 1. The van der Waals surface area contributed by atoms with Gasteiger partial charge in [-0.1, -0.05) is 6.07 Å². The topological polar surface area (TPSA) is 43.9 Å². The van der Waals surface area contributed by atoms with Crippen molar-refractivity contribution in [1.29, 1.82) is 0 Å². The van der Waals surface area contributed by atoms with E-state index in [1.165, 1.54) is 18.6 Å². The predicted octanol–water partition coefficient (Wildman–Crippen LogP) is 3.15. The predicted molar refractivity (Wildman–Crippen MR) is 110 cm³/mol. The molecule has 0 radical (unpaired) electrons. The van der Waals surface area contributed by atoms with Crippen molar-refractivity contribution in [2.24, 2.45) is 5.92 Å². The molecule has 3 aliphatic rings. The minimum Gasteiger partial charge on any atom is -0.342 e. The molecule has 0 spiro atoms. The van der Waals surface area contributed by atoms with Crippen LogP contribution in [0.15, 0.2) is 24.3 Å². The Kier molecular flexibility index (Phi) is 6.48. The molecule has 5 nitrogen and oxygen atoms in total. The minimum atomic E-state index is -0.368. The number of likely N-dealkylation sites (tertiary alicyclic amines) is 3. The highest BCUT2D eigenvalue weighted by Gasteiger charge is 2.33. The molecule has 0 atom stereocenters. The lowest BCUT2D eigenvalue weighted by atomic mass is 9.91. The van der Waals surface area contributed by atoms with E-state index in [9.17, 15) is 14.0 Å². The summed E-state index contributed by atoms with van der Waals surface area (Å²) in [6.45, 7) is 5.27. The summed E-state index contributed by atoms with van der Waals surface area (Å²) in [6.07, 6.45) is 7.37. The van der Waals surface area contributed by atoms with Crippen LogP contribution in [0.2, 0.25) is 0 Å². The lowest BCUT2D eigenvalue weighted by molar-refractivity contribution is -0.138. The number of halogens is 1. The lowest BCUT2D eigenvalue weighted by Gasteiger charge is -2.42. The van der Waals surface area contributed by atoms with Gasteiger partial charge < -0.3 is 14.7 Å². The Balaban J connectivity index is 1.24. The molecule has 4 rings (SSSR count). The van der Waals surface area contributed by atoms with E-state index in [4.69, 9.17) is 0 Å². The van der Waals surface area contributed by atoms with Crippen molar-refractivity contribution < 1.29 is 14.0 Å². The van der Waals surface area contributed by atoms with Crippen molar-refractivity contribution >= 4 is 11.8 Å². The van der Waals surface area contributed by atoms with Crippen LogP contribution in [-0.2, 0) is 4.79 Å². The Morgan fingerprint density at radius 3 is 2.17 bits per heavy atom. The summed E-state index contributed by atoms with van der Waals surface area (Å²) in [5.74, 6) is 0.125. The first-order chi connectivity index (χ1) is 14.1. The zero-order chi connectivity index (χ0) is 20.2. The monoisotopic (exact) mass is 401 g/mol. The molecule has 0 N–H and O–H groups in total. The van der Waals surface area contributed by atoms with Crippen molar-refractivity contribution in [3.8, 4) is 0 Å². The van der Waals surface area contributed by atoms with Gasteiger partial charge in [0.05, 0.1) is 0 Å². The summed E-state index contributed by atoms with van der Waals surface area (Å²) in [7, 11) is 0. The number of carbonyl (C=O) groups is 2. The van der Waals surface area contributed by atoms with Crippen LogP contribution in [0.5, 0.6) is 0 Å². The van der Waals surface area contributed by atoms with Gasteiger partial charge in [0.2, 0.25) is 5.91 Å². The number of carbonyl (C=O) groups excluding carboxylic acids is 2. The molecule has 0 saturated carbocycles. The van der Waals surface area contributed by atoms with Gasteiger partial charge in [0.1, 0.15) is 5.82 Å². The van der Waals surface area contributed by atoms with Crippen LogP contribution in [0.1, 0.15) is 55.3 Å². The first-order valence-corrected chi connectivity index (χ1v) is 11.2. The summed E-state index contributed by atoms with van der Waals surface area (Å²) < 4.78 is 13.4. The number of amides is 2. The van der Waals surface area contributed by atoms with E-state index in [-0.39, 0.29) is 17.6 Å². The summed E-state index contributed by atoms with van der Waals surface area (Å²) in [5, 5.41) is 0. The maximum atomic E-state index is 13.4. The normalized spacial score (nSPS) is 22.7. The van der Waals surface area contributed by atoms with Gasteiger partial charge in [-0.3, -0.25) is 9.59 Å². The fourth-order valence-electron chi connectivity index (χ4n) is 5.12. The number of hydrogen-bond acceptors (Lipinski definition) is 3. The SMILES string of the molecule is O=C(c1cccc(F)c1)N1CCC(N2CCC(C(=O)N3CCCCC3)CC2)CC1. The van der Waals surface area contributed by atoms with Crippen molar-refractivity contribution in [1.82, 2.24) is 14.7 Å². The maximum Gasteiger partial charge on any atom is 0.253 e. The number of nitrogens with zero attached hydrogens (tertiary/aromatic N) is 3. The summed E-state index contributed by atoms with van der Waals surface area (Å²) >= 11 is 0. The van der Waals surface area contributed by atoms with Gasteiger partial charge in [-0.15, -0.1) is 0 Å². The molecule has 0 aromatic heterocycles. The summed E-state index contributed by atoms with van der Waals surface area (Å²) in [5.41, 5.74) is 0.431. The number of rotatable bonds is 3. The molecule has 3 aliphatic heterocycles. The van der Waals surface area contributed by atoms with E-state index in [0.717, 1.165) is 64.7 Å². The second kappa shape index (κ2) is 9.24. The van der Waals surface area contributed by atoms with Crippen LogP contribution in [0.4, 0.5) is 4.39 Å². The van der Waals surface area contributed by atoms with E-state index < -0.39 is 0 Å². The summed E-state index contributed by atoms with van der Waals surface area (Å²) in [4.78, 5) is 31.8. The molecule has 2 amide bonds. The van der Waals surface area contributed by atoms with E-state index in [1.807, 2.05) is 4.90 Å². The van der Waals surface area contributed by atoms with E-state index in [1.54, 1.807) is 12.1 Å². The molecular weight excluding hydrogens is 369 g/mol. The van der Waals surface area contributed by atoms with Gasteiger partial charge in [0, 0.05) is 43.7 Å². The number of piperidine rings is 3. The Morgan fingerprint density at radius 1 is 0.828 bits per heavy atom. The Labute approximate surface area is 172 Å². The van der Waals surface area contributed by atoms with Gasteiger partial charge in [0.15, 0.2) is 0 Å². The van der Waals surface area contributed by atoms with Crippen molar-refractivity contribution in [2.45, 2.75) is 51.0 Å². The van der Waals surface area contributed by atoms with Crippen molar-refractivity contribution in [3.63, 3.8) is 0 Å². The second-order valence-electron chi connectivity index (χ2n) is 8.73. The Hall–Kier alpha value is -1.95. The van der Waals surface area contributed by atoms with Gasteiger partial charge in [-0.25, -0.2) is 4.39 Å². The molecule has 29 heavy (non-hydrogen) atoms. The van der Waals surface area contributed by atoms with Crippen LogP contribution in [-0.4, -0.2) is 71.8 Å². The largest absolute Gasteiger partial charge is 0.342 e. The minimum absolute atomic E-state index is 0.0752. The molecule has 0 unspecified atom stereocenters. The van der Waals surface area contributed by atoms with E-state index in [0.29, 0.717) is 30.6 Å². The highest BCUT2D eigenvalue weighted by Crippen LogP contribution is 2.26. The van der Waals surface area contributed by atoms with Crippen LogP contribution in [0.3, 0.4) is 0 Å². The van der Waals surface area contributed by atoms with Crippen LogP contribution < -0.4 is 0 Å². The smallest absolute Gasteiger partial charge is 0.253 e. The molecule has 158 valence electrons. The Bertz CT molecular complexity index is 719. The first kappa shape index (κ1) is 20.3. The highest BCUT2D eigenvalue weighted by atomic mass is 19.1. The van der Waals surface area contributed by atoms with Gasteiger partial charge >= 0.3 is 0 Å². The van der Waals surface area contributed by atoms with Crippen molar-refractivity contribution in [3.05, 3.63) is 35.6 Å². The van der Waals surface area contributed by atoms with Crippen LogP contribution >= 0.6 is 0 Å². The van der Waals surface area contributed by atoms with Crippen molar-refractivity contribution in [2.75, 3.05) is 39.3 Å². The van der Waals surface area contributed by atoms with Crippen LogP contribution in [0, 0.1) is 11.7 Å². The molecule has 0 bridgehead atoms. The maximum absolute atomic E-state index is 13.4. The number of hydrogen-bond donors (Lipinski definition) is 0. The summed E-state index contributed by atoms with van der Waals surface area (Å²) in [6, 6.07) is 6.44. The standard InChI is InChI=1S/C23H32FN3O2/c24-20-6-4-5-19(17-20)23(29)27-15-9-21(10-16-27)25-13-7-18(8-14-25)22(28)26-11-2-1-3-12-26/h4-6,17-18,21H,1-3,7-16H2. The first-order valence-electron chi connectivity index (χ1n) is 11.2.